The second kappa shape index (κ2) is 6.29. The van der Waals surface area contributed by atoms with Crippen LogP contribution in [0, 0.1) is 19.8 Å². The number of ether oxygens (including phenoxy) is 1. The van der Waals surface area contributed by atoms with Gasteiger partial charge in [-0.15, -0.1) is 0 Å². The average Bonchev–Trinajstić information content (AvgIpc) is 2.43. The third kappa shape index (κ3) is 3.33. The number of carbonyl (C=O) groups excluding carboxylic acids is 1. The van der Waals surface area contributed by atoms with Crippen LogP contribution in [0.15, 0.2) is 18.2 Å². The van der Waals surface area contributed by atoms with Gasteiger partial charge in [0.15, 0.2) is 0 Å². The number of piperidine rings is 1. The molecule has 0 atom stereocenters. The zero-order valence-corrected chi connectivity index (χ0v) is 13.0. The molecule has 0 spiro atoms. The van der Waals surface area contributed by atoms with Crippen LogP contribution in [-0.4, -0.2) is 30.0 Å². The standard InChI is InChI=1S/C17H25NO2/c1-12(2)17(19)18-10-8-15(9-11-18)20-16-13(3)6-5-7-14(16)4/h5-7,12,15H,8-11H2,1-4H3. The highest BCUT2D eigenvalue weighted by Gasteiger charge is 2.25. The topological polar surface area (TPSA) is 29.5 Å². The number of nitrogens with zero attached hydrogens (tertiary/aromatic N) is 1. The van der Waals surface area contributed by atoms with Crippen LogP contribution in [0.3, 0.4) is 0 Å². The number of para-hydroxylation sites is 1. The molecule has 1 aliphatic heterocycles. The Hall–Kier alpha value is -1.51. The molecule has 0 bridgehead atoms. The van der Waals surface area contributed by atoms with Crippen molar-refractivity contribution in [1.82, 2.24) is 4.90 Å². The Morgan fingerprint density at radius 2 is 1.75 bits per heavy atom. The second-order valence-electron chi connectivity index (χ2n) is 6.02. The van der Waals surface area contributed by atoms with E-state index < -0.39 is 0 Å². The van der Waals surface area contributed by atoms with Crippen LogP contribution in [0.2, 0.25) is 0 Å². The van der Waals surface area contributed by atoms with Gasteiger partial charge in [-0.25, -0.2) is 0 Å². The minimum absolute atomic E-state index is 0.0890. The molecule has 2 rings (SSSR count). The first-order valence-electron chi connectivity index (χ1n) is 7.50. The molecule has 3 nitrogen and oxygen atoms in total. The maximum Gasteiger partial charge on any atom is 0.225 e. The molecule has 1 aliphatic rings. The molecule has 0 aromatic heterocycles. The summed E-state index contributed by atoms with van der Waals surface area (Å²) in [5.41, 5.74) is 2.37. The number of carbonyl (C=O) groups is 1. The van der Waals surface area contributed by atoms with Gasteiger partial charge in [-0.1, -0.05) is 32.0 Å². The molecule has 0 radical (unpaired) electrons. The molecule has 1 saturated heterocycles. The Morgan fingerprint density at radius 1 is 1.20 bits per heavy atom. The van der Waals surface area contributed by atoms with E-state index in [-0.39, 0.29) is 17.9 Å². The van der Waals surface area contributed by atoms with Gasteiger partial charge in [-0.3, -0.25) is 4.79 Å². The van der Waals surface area contributed by atoms with Gasteiger partial charge in [0.1, 0.15) is 11.9 Å². The summed E-state index contributed by atoms with van der Waals surface area (Å²) in [7, 11) is 0. The number of rotatable bonds is 3. The summed E-state index contributed by atoms with van der Waals surface area (Å²) in [6.07, 6.45) is 2.07. The SMILES string of the molecule is Cc1cccc(C)c1OC1CCN(C(=O)C(C)C)CC1. The number of aryl methyl sites for hydroxylation is 2. The summed E-state index contributed by atoms with van der Waals surface area (Å²) < 4.78 is 6.17. The maximum atomic E-state index is 12.0. The summed E-state index contributed by atoms with van der Waals surface area (Å²) in [4.78, 5) is 13.9. The molecule has 1 heterocycles. The molecule has 1 fully saturated rings. The van der Waals surface area contributed by atoms with Crippen LogP contribution in [0.5, 0.6) is 5.75 Å². The predicted molar refractivity (Wildman–Crippen MR) is 81.0 cm³/mol. The lowest BCUT2D eigenvalue weighted by Crippen LogP contribution is -2.43. The highest BCUT2D eigenvalue weighted by atomic mass is 16.5. The Morgan fingerprint density at radius 3 is 2.25 bits per heavy atom. The van der Waals surface area contributed by atoms with E-state index in [1.54, 1.807) is 0 Å². The van der Waals surface area contributed by atoms with Gasteiger partial charge in [-0.05, 0) is 25.0 Å². The lowest BCUT2D eigenvalue weighted by atomic mass is 10.0. The summed E-state index contributed by atoms with van der Waals surface area (Å²) in [5.74, 6) is 1.36. The van der Waals surface area contributed by atoms with Gasteiger partial charge in [0.2, 0.25) is 5.91 Å². The fourth-order valence-corrected chi connectivity index (χ4v) is 2.71. The molecular formula is C17H25NO2. The van der Waals surface area contributed by atoms with Crippen molar-refractivity contribution in [2.45, 2.75) is 46.6 Å². The van der Waals surface area contributed by atoms with Gasteiger partial charge in [-0.2, -0.15) is 0 Å². The van der Waals surface area contributed by atoms with Gasteiger partial charge in [0.05, 0.1) is 0 Å². The van der Waals surface area contributed by atoms with E-state index in [2.05, 4.69) is 32.0 Å². The lowest BCUT2D eigenvalue weighted by molar-refractivity contribution is -0.136. The lowest BCUT2D eigenvalue weighted by Gasteiger charge is -2.33. The predicted octanol–water partition coefficient (Wildman–Crippen LogP) is 3.33. The van der Waals surface area contributed by atoms with E-state index in [0.717, 1.165) is 31.7 Å². The van der Waals surface area contributed by atoms with Gasteiger partial charge in [0.25, 0.3) is 0 Å². The van der Waals surface area contributed by atoms with Gasteiger partial charge < -0.3 is 9.64 Å². The summed E-state index contributed by atoms with van der Waals surface area (Å²) in [6.45, 7) is 9.71. The van der Waals surface area contributed by atoms with Crippen molar-refractivity contribution in [3.63, 3.8) is 0 Å². The quantitative estimate of drug-likeness (QED) is 0.847. The molecule has 0 saturated carbocycles. The minimum Gasteiger partial charge on any atom is -0.490 e. The molecule has 110 valence electrons. The fraction of sp³-hybridized carbons (Fsp3) is 0.588. The third-order valence-corrected chi connectivity index (χ3v) is 3.94. The highest BCUT2D eigenvalue weighted by Crippen LogP contribution is 2.26. The Bertz CT molecular complexity index is 454. The monoisotopic (exact) mass is 275 g/mol. The highest BCUT2D eigenvalue weighted by molar-refractivity contribution is 5.78. The van der Waals surface area contributed by atoms with Crippen molar-refractivity contribution >= 4 is 5.91 Å². The number of likely N-dealkylation sites (tertiary alicyclic amines) is 1. The second-order valence-corrected chi connectivity index (χ2v) is 6.02. The zero-order valence-electron chi connectivity index (χ0n) is 13.0. The molecule has 1 amide bonds. The average molecular weight is 275 g/mol. The van der Waals surface area contributed by atoms with E-state index in [1.807, 2.05) is 18.7 Å². The largest absolute Gasteiger partial charge is 0.490 e. The summed E-state index contributed by atoms with van der Waals surface area (Å²) in [5, 5.41) is 0. The summed E-state index contributed by atoms with van der Waals surface area (Å²) >= 11 is 0. The molecular weight excluding hydrogens is 250 g/mol. The Kier molecular flexibility index (Phi) is 4.69. The van der Waals surface area contributed by atoms with Crippen LogP contribution in [-0.2, 0) is 4.79 Å². The molecule has 1 aromatic rings. The van der Waals surface area contributed by atoms with Crippen LogP contribution in [0.1, 0.15) is 37.8 Å². The first-order chi connectivity index (χ1) is 9.49. The number of hydrogen-bond donors (Lipinski definition) is 0. The number of hydrogen-bond acceptors (Lipinski definition) is 2. The first-order valence-corrected chi connectivity index (χ1v) is 7.50. The van der Waals surface area contributed by atoms with Gasteiger partial charge in [0, 0.05) is 31.8 Å². The molecule has 1 aromatic carbocycles. The van der Waals surface area contributed by atoms with Crippen LogP contribution < -0.4 is 4.74 Å². The van der Waals surface area contributed by atoms with E-state index >= 15 is 0 Å². The van der Waals surface area contributed by atoms with Crippen LogP contribution in [0.4, 0.5) is 0 Å². The number of amides is 1. The maximum absolute atomic E-state index is 12.0. The summed E-state index contributed by atoms with van der Waals surface area (Å²) in [6, 6.07) is 6.22. The minimum atomic E-state index is 0.0890. The van der Waals surface area contributed by atoms with E-state index in [4.69, 9.17) is 4.74 Å². The first kappa shape index (κ1) is 14.9. The van der Waals surface area contributed by atoms with Crippen molar-refractivity contribution in [3.8, 4) is 5.75 Å². The van der Waals surface area contributed by atoms with Crippen molar-refractivity contribution in [2.75, 3.05) is 13.1 Å². The molecule has 0 aliphatic carbocycles. The van der Waals surface area contributed by atoms with Crippen LogP contribution >= 0.6 is 0 Å². The van der Waals surface area contributed by atoms with Crippen molar-refractivity contribution in [2.24, 2.45) is 5.92 Å². The third-order valence-electron chi connectivity index (χ3n) is 3.94. The molecule has 0 N–H and O–H groups in total. The normalized spacial score (nSPS) is 16.6. The van der Waals surface area contributed by atoms with Crippen molar-refractivity contribution in [1.29, 1.82) is 0 Å². The van der Waals surface area contributed by atoms with E-state index in [9.17, 15) is 4.79 Å². The van der Waals surface area contributed by atoms with Gasteiger partial charge >= 0.3 is 0 Å². The fourth-order valence-electron chi connectivity index (χ4n) is 2.71. The Labute approximate surface area is 121 Å². The van der Waals surface area contributed by atoms with E-state index in [1.165, 1.54) is 11.1 Å². The molecule has 0 unspecified atom stereocenters. The number of benzene rings is 1. The van der Waals surface area contributed by atoms with E-state index in [0.29, 0.717) is 0 Å². The Balaban J connectivity index is 1.93. The van der Waals surface area contributed by atoms with Crippen molar-refractivity contribution in [3.05, 3.63) is 29.3 Å². The van der Waals surface area contributed by atoms with Crippen LogP contribution in [0.25, 0.3) is 0 Å². The smallest absolute Gasteiger partial charge is 0.225 e. The zero-order chi connectivity index (χ0) is 14.7. The molecule has 3 heteroatoms. The molecule has 20 heavy (non-hydrogen) atoms. The van der Waals surface area contributed by atoms with Crippen molar-refractivity contribution < 1.29 is 9.53 Å².